The van der Waals surface area contributed by atoms with Crippen LogP contribution in [0.3, 0.4) is 0 Å². The van der Waals surface area contributed by atoms with Crippen LogP contribution in [0.4, 0.5) is 0 Å². The quantitative estimate of drug-likeness (QED) is 0.259. The standard InChI is InChI=1S/C13H21ClN2O5S2/c1-7(13(20)21)3-4-11(18)16-10(12(14)19)6-23-22-5-9(15)8(2)17/h7,9-10H,3-6,15H2,1-2H3,(H,16,18)(H,20,21). The number of carbonyl (C=O) groups excluding carboxylic acids is 3. The molecule has 4 N–H and O–H groups in total. The topological polar surface area (TPSA) is 127 Å². The maximum atomic E-state index is 11.7. The van der Waals surface area contributed by atoms with E-state index in [2.05, 4.69) is 5.32 Å². The lowest BCUT2D eigenvalue weighted by molar-refractivity contribution is -0.141. The van der Waals surface area contributed by atoms with Gasteiger partial charge in [0.05, 0.1) is 12.0 Å². The minimum Gasteiger partial charge on any atom is -0.481 e. The molecule has 0 saturated carbocycles. The van der Waals surface area contributed by atoms with E-state index in [9.17, 15) is 19.2 Å². The summed E-state index contributed by atoms with van der Waals surface area (Å²) in [7, 11) is 2.59. The Bertz CT molecular complexity index is 450. The Hall–Kier alpha value is -0.770. The third kappa shape index (κ3) is 10.6. The fraction of sp³-hybridized carbons (Fsp3) is 0.692. The molecule has 7 nitrogen and oxygen atoms in total. The molecule has 0 aromatic heterocycles. The van der Waals surface area contributed by atoms with Crippen LogP contribution in [0.1, 0.15) is 26.7 Å². The molecule has 0 rings (SSSR count). The molecule has 0 aromatic rings. The molecule has 0 saturated heterocycles. The lowest BCUT2D eigenvalue weighted by Crippen LogP contribution is -2.40. The second kappa shape index (κ2) is 11.7. The number of amides is 1. The molecule has 0 heterocycles. The zero-order chi connectivity index (χ0) is 18.0. The van der Waals surface area contributed by atoms with Crippen LogP contribution in [0, 0.1) is 5.92 Å². The van der Waals surface area contributed by atoms with Gasteiger partial charge in [-0.2, -0.15) is 0 Å². The molecule has 0 aliphatic heterocycles. The van der Waals surface area contributed by atoms with Gasteiger partial charge in [0.15, 0.2) is 0 Å². The third-order valence-electron chi connectivity index (χ3n) is 2.92. The third-order valence-corrected chi connectivity index (χ3v) is 5.63. The van der Waals surface area contributed by atoms with Gasteiger partial charge < -0.3 is 16.2 Å². The number of carboxylic acid groups (broad SMARTS) is 1. The fourth-order valence-corrected chi connectivity index (χ4v) is 3.85. The monoisotopic (exact) mass is 384 g/mol. The number of aliphatic carboxylic acids is 1. The van der Waals surface area contributed by atoms with E-state index in [1.54, 1.807) is 0 Å². The van der Waals surface area contributed by atoms with Crippen molar-refractivity contribution in [2.75, 3.05) is 11.5 Å². The van der Waals surface area contributed by atoms with Crippen LogP contribution in [0.5, 0.6) is 0 Å². The highest BCUT2D eigenvalue weighted by Crippen LogP contribution is 2.23. The minimum absolute atomic E-state index is 0.00115. The molecule has 0 aromatic carbocycles. The highest BCUT2D eigenvalue weighted by atomic mass is 35.5. The molecule has 3 unspecified atom stereocenters. The molecule has 0 aliphatic carbocycles. The van der Waals surface area contributed by atoms with E-state index in [4.69, 9.17) is 22.4 Å². The number of nitrogens with one attached hydrogen (secondary N) is 1. The van der Waals surface area contributed by atoms with E-state index in [1.807, 2.05) is 0 Å². The van der Waals surface area contributed by atoms with Crippen LogP contribution in [0.15, 0.2) is 0 Å². The van der Waals surface area contributed by atoms with Crippen molar-refractivity contribution in [1.82, 2.24) is 5.32 Å². The number of ketones is 1. The second-order valence-electron chi connectivity index (χ2n) is 4.99. The first-order valence-electron chi connectivity index (χ1n) is 6.87. The lowest BCUT2D eigenvalue weighted by atomic mass is 10.1. The molecule has 23 heavy (non-hydrogen) atoms. The summed E-state index contributed by atoms with van der Waals surface area (Å²) < 4.78 is 0. The van der Waals surface area contributed by atoms with Crippen molar-refractivity contribution in [2.45, 2.75) is 38.8 Å². The van der Waals surface area contributed by atoms with Crippen molar-refractivity contribution in [3.63, 3.8) is 0 Å². The van der Waals surface area contributed by atoms with Gasteiger partial charge in [0.25, 0.3) is 0 Å². The van der Waals surface area contributed by atoms with Crippen LogP contribution in [-0.4, -0.2) is 51.6 Å². The number of Topliss-reactive ketones (excluding diaryl/α,β-unsaturated/α-hetero) is 1. The number of hydrogen-bond donors (Lipinski definition) is 3. The minimum atomic E-state index is -0.975. The second-order valence-corrected chi connectivity index (χ2v) is 7.91. The Morgan fingerprint density at radius 2 is 1.78 bits per heavy atom. The molecule has 0 bridgehead atoms. The fourth-order valence-electron chi connectivity index (χ4n) is 1.26. The first-order valence-corrected chi connectivity index (χ1v) is 9.73. The summed E-state index contributed by atoms with van der Waals surface area (Å²) in [6.07, 6.45) is 0.181. The molecule has 0 radical (unpaired) electrons. The Balaban J connectivity index is 4.16. The maximum Gasteiger partial charge on any atom is 0.306 e. The predicted molar refractivity (Wildman–Crippen MR) is 92.4 cm³/mol. The molecule has 3 atom stereocenters. The van der Waals surface area contributed by atoms with Gasteiger partial charge in [0.2, 0.25) is 11.1 Å². The highest BCUT2D eigenvalue weighted by Gasteiger charge is 2.20. The number of carboxylic acids is 1. The number of carbonyl (C=O) groups is 4. The number of rotatable bonds is 12. The van der Waals surface area contributed by atoms with E-state index < -0.39 is 35.1 Å². The summed E-state index contributed by atoms with van der Waals surface area (Å²) in [5.41, 5.74) is 5.57. The first-order chi connectivity index (χ1) is 10.6. The van der Waals surface area contributed by atoms with Gasteiger partial charge in [-0.1, -0.05) is 28.5 Å². The van der Waals surface area contributed by atoms with Gasteiger partial charge in [-0.3, -0.25) is 19.2 Å². The maximum absolute atomic E-state index is 11.7. The van der Waals surface area contributed by atoms with Gasteiger partial charge in [0, 0.05) is 17.9 Å². The van der Waals surface area contributed by atoms with E-state index in [-0.39, 0.29) is 24.4 Å². The number of halogens is 1. The van der Waals surface area contributed by atoms with Gasteiger partial charge in [-0.15, -0.1) is 0 Å². The number of nitrogens with two attached hydrogens (primary N) is 1. The van der Waals surface area contributed by atoms with E-state index in [1.165, 1.54) is 35.4 Å². The average Bonchev–Trinajstić information content (AvgIpc) is 2.46. The van der Waals surface area contributed by atoms with E-state index >= 15 is 0 Å². The summed E-state index contributed by atoms with van der Waals surface area (Å²) in [4.78, 5) is 44.7. The summed E-state index contributed by atoms with van der Waals surface area (Å²) in [6.45, 7) is 2.91. The Labute approximate surface area is 147 Å². The molecule has 0 fully saturated rings. The molecule has 0 spiro atoms. The Kier molecular flexibility index (Phi) is 11.3. The molecular weight excluding hydrogens is 364 g/mol. The average molecular weight is 385 g/mol. The summed E-state index contributed by atoms with van der Waals surface area (Å²) in [6, 6.07) is -1.43. The predicted octanol–water partition coefficient (Wildman–Crippen LogP) is 1.04. The van der Waals surface area contributed by atoms with Crippen molar-refractivity contribution in [3.05, 3.63) is 0 Å². The zero-order valence-corrected chi connectivity index (χ0v) is 15.3. The van der Waals surface area contributed by atoms with Crippen molar-refractivity contribution in [2.24, 2.45) is 11.7 Å². The van der Waals surface area contributed by atoms with Crippen LogP contribution < -0.4 is 11.1 Å². The molecule has 0 aliphatic rings. The zero-order valence-electron chi connectivity index (χ0n) is 12.9. The summed E-state index contributed by atoms with van der Waals surface area (Å²) in [5.74, 6) is -1.53. The van der Waals surface area contributed by atoms with Crippen LogP contribution in [0.25, 0.3) is 0 Å². The molecule has 1 amide bonds. The van der Waals surface area contributed by atoms with Gasteiger partial charge in [-0.05, 0) is 24.9 Å². The lowest BCUT2D eigenvalue weighted by Gasteiger charge is -2.15. The van der Waals surface area contributed by atoms with Crippen LogP contribution in [-0.2, 0) is 19.2 Å². The van der Waals surface area contributed by atoms with Crippen LogP contribution in [0.2, 0.25) is 0 Å². The highest BCUT2D eigenvalue weighted by molar-refractivity contribution is 8.76. The van der Waals surface area contributed by atoms with Gasteiger partial charge >= 0.3 is 5.97 Å². The summed E-state index contributed by atoms with van der Waals surface area (Å²) >= 11 is 5.44. The van der Waals surface area contributed by atoms with Gasteiger partial charge in [-0.25, -0.2) is 0 Å². The Morgan fingerprint density at radius 1 is 1.22 bits per heavy atom. The number of hydrogen-bond acceptors (Lipinski definition) is 7. The van der Waals surface area contributed by atoms with Crippen molar-refractivity contribution in [1.29, 1.82) is 0 Å². The Morgan fingerprint density at radius 3 is 2.26 bits per heavy atom. The van der Waals surface area contributed by atoms with Crippen molar-refractivity contribution >= 4 is 56.1 Å². The van der Waals surface area contributed by atoms with Crippen molar-refractivity contribution in [3.8, 4) is 0 Å². The first kappa shape index (κ1) is 22.2. The molecule has 10 heteroatoms. The largest absolute Gasteiger partial charge is 0.481 e. The van der Waals surface area contributed by atoms with E-state index in [0.717, 1.165) is 0 Å². The molecular formula is C13H21ClN2O5S2. The SMILES string of the molecule is CC(=O)C(N)CSSCC(NC(=O)CCC(C)C(=O)O)C(=O)Cl. The van der Waals surface area contributed by atoms with Crippen LogP contribution >= 0.6 is 33.2 Å². The normalized spacial score (nSPS) is 14.6. The van der Waals surface area contributed by atoms with Crippen molar-refractivity contribution < 1.29 is 24.3 Å². The van der Waals surface area contributed by atoms with E-state index in [0.29, 0.717) is 5.75 Å². The van der Waals surface area contributed by atoms with Gasteiger partial charge in [0.1, 0.15) is 11.8 Å². The summed E-state index contributed by atoms with van der Waals surface area (Å²) in [5, 5.41) is 10.5. The smallest absolute Gasteiger partial charge is 0.306 e. The molecule has 132 valence electrons.